The van der Waals surface area contributed by atoms with Crippen molar-refractivity contribution in [1.82, 2.24) is 9.80 Å². The van der Waals surface area contributed by atoms with Crippen molar-refractivity contribution in [2.24, 2.45) is 17.3 Å². The third kappa shape index (κ3) is 5.12. The number of unbranched alkanes of at least 4 members (excludes halogenated alkanes) is 1. The monoisotopic (exact) mass is 504 g/mol. The topological polar surface area (TPSA) is 96.4 Å². The molecule has 2 unspecified atom stereocenters. The molecular weight excluding hydrogens is 460 g/mol. The predicted octanol–water partition coefficient (Wildman–Crippen LogP) is 3.09. The number of esters is 1. The first-order valence-electron chi connectivity index (χ1n) is 13.1. The number of carbonyl (C=O) groups is 3. The van der Waals surface area contributed by atoms with Crippen LogP contribution in [0.15, 0.2) is 25.3 Å². The van der Waals surface area contributed by atoms with Gasteiger partial charge in [0.15, 0.2) is 0 Å². The molecule has 2 bridgehead atoms. The standard InChI is InChI=1S/C28H44N2O6/c1-8-14-30(27(6,7)18-26(3,4)5)24(33)22-28-13-12-19(36-28)20(25(34)35-17-9-2)21(28)23(32)29(22)15-10-11-16-31/h8-9,19-22,31H,1-2,10-18H2,3-7H3/t19-,20+,21-,22?,28?/m0/s1. The molecule has 36 heavy (non-hydrogen) atoms. The maximum atomic E-state index is 14.5. The number of hydrogen-bond acceptors (Lipinski definition) is 6. The van der Waals surface area contributed by atoms with Gasteiger partial charge in [0, 0.05) is 25.2 Å². The van der Waals surface area contributed by atoms with E-state index in [1.165, 1.54) is 6.08 Å². The van der Waals surface area contributed by atoms with Crippen molar-refractivity contribution in [3.63, 3.8) is 0 Å². The largest absolute Gasteiger partial charge is 0.461 e. The summed E-state index contributed by atoms with van der Waals surface area (Å²) in [5.41, 5.74) is -1.59. The van der Waals surface area contributed by atoms with Gasteiger partial charge in [-0.2, -0.15) is 0 Å². The summed E-state index contributed by atoms with van der Waals surface area (Å²) >= 11 is 0. The molecule has 3 aliphatic heterocycles. The van der Waals surface area contributed by atoms with Gasteiger partial charge in [-0.1, -0.05) is 39.5 Å². The number of likely N-dealkylation sites (tertiary alicyclic amines) is 1. The third-order valence-corrected chi connectivity index (χ3v) is 7.73. The molecule has 3 aliphatic rings. The minimum absolute atomic E-state index is 0.00545. The molecule has 1 spiro atoms. The smallest absolute Gasteiger partial charge is 0.312 e. The second-order valence-corrected chi connectivity index (χ2v) is 12.2. The molecule has 8 nitrogen and oxygen atoms in total. The molecule has 0 radical (unpaired) electrons. The Morgan fingerprint density at radius 2 is 1.92 bits per heavy atom. The minimum atomic E-state index is -1.06. The van der Waals surface area contributed by atoms with E-state index < -0.39 is 41.1 Å². The van der Waals surface area contributed by atoms with E-state index in [2.05, 4.69) is 33.9 Å². The molecule has 5 atom stereocenters. The lowest BCUT2D eigenvalue weighted by Crippen LogP contribution is -2.61. The number of hydrogen-bond donors (Lipinski definition) is 1. The van der Waals surface area contributed by atoms with Gasteiger partial charge >= 0.3 is 5.97 Å². The Bertz CT molecular complexity index is 878. The van der Waals surface area contributed by atoms with Gasteiger partial charge in [-0.05, 0) is 51.4 Å². The molecule has 0 saturated carbocycles. The summed E-state index contributed by atoms with van der Waals surface area (Å²) in [6, 6.07) is -0.838. The maximum absolute atomic E-state index is 14.5. The lowest BCUT2D eigenvalue weighted by molar-refractivity contribution is -0.155. The summed E-state index contributed by atoms with van der Waals surface area (Å²) in [6.45, 7) is 18.7. The van der Waals surface area contributed by atoms with Gasteiger partial charge in [-0.25, -0.2) is 0 Å². The minimum Gasteiger partial charge on any atom is -0.461 e. The van der Waals surface area contributed by atoms with Crippen molar-refractivity contribution in [2.75, 3.05) is 26.3 Å². The van der Waals surface area contributed by atoms with E-state index in [9.17, 15) is 19.5 Å². The zero-order chi connectivity index (χ0) is 26.9. The summed E-state index contributed by atoms with van der Waals surface area (Å²) in [5.74, 6) is -2.38. The zero-order valence-corrected chi connectivity index (χ0v) is 22.6. The fourth-order valence-electron chi connectivity index (χ4n) is 6.88. The van der Waals surface area contributed by atoms with Crippen molar-refractivity contribution in [3.8, 4) is 0 Å². The van der Waals surface area contributed by atoms with Crippen LogP contribution in [0.3, 0.4) is 0 Å². The quantitative estimate of drug-likeness (QED) is 0.249. The van der Waals surface area contributed by atoms with E-state index in [4.69, 9.17) is 9.47 Å². The molecule has 3 fully saturated rings. The lowest BCUT2D eigenvalue weighted by atomic mass is 9.70. The average Bonchev–Trinajstić information content (AvgIpc) is 3.41. The van der Waals surface area contributed by atoms with Crippen LogP contribution in [0.2, 0.25) is 0 Å². The van der Waals surface area contributed by atoms with Gasteiger partial charge in [-0.15, -0.1) is 6.58 Å². The van der Waals surface area contributed by atoms with E-state index >= 15 is 0 Å². The van der Waals surface area contributed by atoms with Crippen LogP contribution >= 0.6 is 0 Å². The zero-order valence-electron chi connectivity index (χ0n) is 22.6. The molecule has 3 rings (SSSR count). The first kappa shape index (κ1) is 28.4. The Balaban J connectivity index is 2.03. The van der Waals surface area contributed by atoms with E-state index in [1.807, 2.05) is 18.7 Å². The summed E-state index contributed by atoms with van der Waals surface area (Å²) in [5, 5.41) is 9.33. The fraction of sp³-hybridized carbons (Fsp3) is 0.750. The third-order valence-electron chi connectivity index (χ3n) is 7.73. The molecule has 8 heteroatoms. The van der Waals surface area contributed by atoms with Gasteiger partial charge in [0.05, 0.1) is 17.9 Å². The van der Waals surface area contributed by atoms with Crippen LogP contribution in [0.1, 0.15) is 66.7 Å². The molecule has 2 amide bonds. The van der Waals surface area contributed by atoms with Gasteiger partial charge < -0.3 is 24.4 Å². The number of aliphatic hydroxyl groups is 1. The number of carbonyl (C=O) groups excluding carboxylic acids is 3. The summed E-state index contributed by atoms with van der Waals surface area (Å²) in [6.07, 6.45) is 5.72. The number of aliphatic hydroxyl groups excluding tert-OH is 1. The van der Waals surface area contributed by atoms with Gasteiger partial charge in [0.25, 0.3) is 0 Å². The fourth-order valence-corrected chi connectivity index (χ4v) is 6.88. The molecule has 0 aromatic heterocycles. The second-order valence-electron chi connectivity index (χ2n) is 12.2. The predicted molar refractivity (Wildman–Crippen MR) is 137 cm³/mol. The molecule has 1 N–H and O–H groups in total. The van der Waals surface area contributed by atoms with E-state index in [1.54, 1.807) is 11.0 Å². The molecule has 3 saturated heterocycles. The van der Waals surface area contributed by atoms with Gasteiger partial charge in [-0.3, -0.25) is 14.4 Å². The SMILES string of the molecule is C=CCOC(=O)[C@@H]1[C@@H]2CCC3(O2)C(C(=O)N(CC=C)C(C)(C)CC(C)(C)C)N(CCCCO)C(=O)[C@H]13. The van der Waals surface area contributed by atoms with Gasteiger partial charge in [0.1, 0.15) is 18.2 Å². The molecule has 0 aromatic rings. The van der Waals surface area contributed by atoms with E-state index in [0.717, 1.165) is 6.42 Å². The van der Waals surface area contributed by atoms with Crippen LogP contribution in [-0.2, 0) is 23.9 Å². The van der Waals surface area contributed by atoms with Crippen LogP contribution in [0, 0.1) is 17.3 Å². The number of amides is 2. The van der Waals surface area contributed by atoms with Crippen molar-refractivity contribution in [1.29, 1.82) is 0 Å². The summed E-state index contributed by atoms with van der Waals surface area (Å²) < 4.78 is 11.8. The van der Waals surface area contributed by atoms with Crippen LogP contribution < -0.4 is 0 Å². The van der Waals surface area contributed by atoms with E-state index in [-0.39, 0.29) is 30.4 Å². The number of ether oxygens (including phenoxy) is 2. The molecule has 3 heterocycles. The van der Waals surface area contributed by atoms with Crippen LogP contribution in [-0.4, -0.2) is 82.3 Å². The van der Waals surface area contributed by atoms with Crippen LogP contribution in [0.25, 0.3) is 0 Å². The van der Waals surface area contributed by atoms with E-state index in [0.29, 0.717) is 38.8 Å². The van der Waals surface area contributed by atoms with Crippen LogP contribution in [0.4, 0.5) is 0 Å². The number of fused-ring (bicyclic) bond motifs is 1. The molecular formula is C28H44N2O6. The highest BCUT2D eigenvalue weighted by Crippen LogP contribution is 2.59. The first-order chi connectivity index (χ1) is 16.8. The van der Waals surface area contributed by atoms with Crippen molar-refractivity contribution in [2.45, 2.75) is 90.0 Å². The Hall–Kier alpha value is -2.19. The summed E-state index contributed by atoms with van der Waals surface area (Å²) in [7, 11) is 0. The Morgan fingerprint density at radius 3 is 2.50 bits per heavy atom. The highest BCUT2D eigenvalue weighted by Gasteiger charge is 2.75. The highest BCUT2D eigenvalue weighted by atomic mass is 16.6. The van der Waals surface area contributed by atoms with Gasteiger partial charge in [0.2, 0.25) is 11.8 Å². The Kier molecular flexibility index (Phi) is 8.40. The average molecular weight is 505 g/mol. The highest BCUT2D eigenvalue weighted by molar-refractivity contribution is 5.98. The lowest BCUT2D eigenvalue weighted by Gasteiger charge is -2.45. The number of rotatable bonds is 12. The number of nitrogens with zero attached hydrogens (tertiary/aromatic N) is 2. The molecule has 0 aromatic carbocycles. The van der Waals surface area contributed by atoms with Crippen LogP contribution in [0.5, 0.6) is 0 Å². The van der Waals surface area contributed by atoms with Crippen molar-refractivity contribution < 1.29 is 29.0 Å². The summed E-state index contributed by atoms with van der Waals surface area (Å²) in [4.78, 5) is 44.8. The Labute approximate surface area is 215 Å². The molecule has 202 valence electrons. The Morgan fingerprint density at radius 1 is 1.22 bits per heavy atom. The van der Waals surface area contributed by atoms with Crippen molar-refractivity contribution >= 4 is 17.8 Å². The normalized spacial score (nSPS) is 29.3. The first-order valence-corrected chi connectivity index (χ1v) is 13.1. The maximum Gasteiger partial charge on any atom is 0.312 e. The van der Waals surface area contributed by atoms with Crippen molar-refractivity contribution in [3.05, 3.63) is 25.3 Å². The molecule has 0 aliphatic carbocycles. The second kappa shape index (κ2) is 10.7.